The number of phenols is 1. The summed E-state index contributed by atoms with van der Waals surface area (Å²) in [5, 5.41) is 12.9. The van der Waals surface area contributed by atoms with Gasteiger partial charge >= 0.3 is 0 Å². The lowest BCUT2D eigenvalue weighted by atomic mass is 9.95. The van der Waals surface area contributed by atoms with Gasteiger partial charge in [0, 0.05) is 12.6 Å². The molecule has 0 radical (unpaired) electrons. The van der Waals surface area contributed by atoms with E-state index in [1.165, 1.54) is 44.5 Å². The van der Waals surface area contributed by atoms with E-state index in [0.717, 1.165) is 18.9 Å². The largest absolute Gasteiger partial charge is 0.508 e. The van der Waals surface area contributed by atoms with Gasteiger partial charge in [-0.3, -0.25) is 4.90 Å². The first-order valence-electron chi connectivity index (χ1n) is 8.48. The Morgan fingerprint density at radius 2 is 1.86 bits per heavy atom. The third-order valence-electron chi connectivity index (χ3n) is 4.57. The summed E-state index contributed by atoms with van der Waals surface area (Å²) in [6, 6.07) is 8.25. The Kier molecular flexibility index (Phi) is 6.52. The minimum Gasteiger partial charge on any atom is -0.508 e. The Balaban J connectivity index is 2.07. The van der Waals surface area contributed by atoms with Gasteiger partial charge in [0.25, 0.3) is 0 Å². The van der Waals surface area contributed by atoms with Crippen LogP contribution in [0.3, 0.4) is 0 Å². The lowest BCUT2D eigenvalue weighted by Crippen LogP contribution is -2.38. The molecule has 1 atom stereocenters. The summed E-state index contributed by atoms with van der Waals surface area (Å²) in [6.45, 7) is 9.22. The Morgan fingerprint density at radius 3 is 2.43 bits per heavy atom. The number of rotatable bonds is 7. The summed E-state index contributed by atoms with van der Waals surface area (Å²) in [7, 11) is 0. The fourth-order valence-corrected chi connectivity index (χ4v) is 3.46. The first-order valence-corrected chi connectivity index (χ1v) is 8.48. The number of phenolic OH excluding ortho intramolecular Hbond substituents is 1. The van der Waals surface area contributed by atoms with Crippen LogP contribution in [-0.4, -0.2) is 36.2 Å². The van der Waals surface area contributed by atoms with Crippen LogP contribution in [-0.2, 0) is 0 Å². The van der Waals surface area contributed by atoms with E-state index in [1.807, 2.05) is 12.1 Å². The summed E-state index contributed by atoms with van der Waals surface area (Å²) in [6.07, 6.45) is 4.91. The molecule has 0 amide bonds. The number of aromatic hydroxyl groups is 1. The van der Waals surface area contributed by atoms with Crippen molar-refractivity contribution in [1.82, 2.24) is 10.2 Å². The lowest BCUT2D eigenvalue weighted by Gasteiger charge is -2.35. The fraction of sp³-hybridized carbons (Fsp3) is 0.667. The van der Waals surface area contributed by atoms with Crippen molar-refractivity contribution in [2.45, 2.75) is 45.6 Å². The van der Waals surface area contributed by atoms with Crippen LogP contribution in [0.15, 0.2) is 24.3 Å². The Hall–Kier alpha value is -1.06. The molecular formula is C18H30N2O. The van der Waals surface area contributed by atoms with Crippen LogP contribution < -0.4 is 5.32 Å². The number of hydrogen-bond acceptors (Lipinski definition) is 3. The second kappa shape index (κ2) is 8.40. The molecule has 118 valence electrons. The summed E-state index contributed by atoms with van der Waals surface area (Å²) >= 11 is 0. The van der Waals surface area contributed by atoms with Gasteiger partial charge in [0.1, 0.15) is 5.75 Å². The van der Waals surface area contributed by atoms with E-state index >= 15 is 0 Å². The van der Waals surface area contributed by atoms with Crippen LogP contribution >= 0.6 is 0 Å². The highest BCUT2D eigenvalue weighted by molar-refractivity contribution is 5.28. The van der Waals surface area contributed by atoms with Crippen molar-refractivity contribution in [3.05, 3.63) is 29.8 Å². The number of nitrogens with one attached hydrogen (secondary N) is 1. The van der Waals surface area contributed by atoms with Crippen molar-refractivity contribution in [2.75, 3.05) is 26.2 Å². The monoisotopic (exact) mass is 290 g/mol. The van der Waals surface area contributed by atoms with E-state index in [-0.39, 0.29) is 0 Å². The second-order valence-corrected chi connectivity index (χ2v) is 6.20. The van der Waals surface area contributed by atoms with Gasteiger partial charge in [-0.2, -0.15) is 0 Å². The van der Waals surface area contributed by atoms with E-state index < -0.39 is 0 Å². The van der Waals surface area contributed by atoms with Crippen molar-refractivity contribution in [3.63, 3.8) is 0 Å². The molecule has 0 aliphatic carbocycles. The molecule has 1 aliphatic rings. The maximum absolute atomic E-state index is 9.49. The molecule has 0 bridgehead atoms. The average Bonchev–Trinajstić information content (AvgIpc) is 2.51. The van der Waals surface area contributed by atoms with Crippen molar-refractivity contribution in [2.24, 2.45) is 5.92 Å². The Labute approximate surface area is 129 Å². The lowest BCUT2D eigenvalue weighted by molar-refractivity contribution is 0.147. The standard InChI is InChI=1S/C18H30N2O/c1-3-13-20(14-15-9-11-19-12-10-15)18(4-2)16-5-7-17(21)8-6-16/h5-8,15,18-19,21H,3-4,9-14H2,1-2H3. The summed E-state index contributed by atoms with van der Waals surface area (Å²) in [5.74, 6) is 1.18. The van der Waals surface area contributed by atoms with Gasteiger partial charge in [-0.25, -0.2) is 0 Å². The van der Waals surface area contributed by atoms with Crippen LogP contribution in [0.5, 0.6) is 5.75 Å². The van der Waals surface area contributed by atoms with Gasteiger partial charge in [0.05, 0.1) is 0 Å². The zero-order valence-corrected chi connectivity index (χ0v) is 13.5. The maximum Gasteiger partial charge on any atom is 0.115 e. The summed E-state index contributed by atoms with van der Waals surface area (Å²) < 4.78 is 0. The molecular weight excluding hydrogens is 260 g/mol. The van der Waals surface area contributed by atoms with E-state index in [9.17, 15) is 5.11 Å². The molecule has 0 aromatic heterocycles. The predicted molar refractivity (Wildman–Crippen MR) is 88.6 cm³/mol. The van der Waals surface area contributed by atoms with Gasteiger partial charge in [-0.15, -0.1) is 0 Å². The molecule has 1 aliphatic heterocycles. The fourth-order valence-electron chi connectivity index (χ4n) is 3.46. The highest BCUT2D eigenvalue weighted by Gasteiger charge is 2.22. The van der Waals surface area contributed by atoms with Gasteiger partial charge in [0.15, 0.2) is 0 Å². The quantitative estimate of drug-likeness (QED) is 0.806. The minimum absolute atomic E-state index is 0.356. The second-order valence-electron chi connectivity index (χ2n) is 6.20. The molecule has 1 aromatic carbocycles. The minimum atomic E-state index is 0.356. The van der Waals surface area contributed by atoms with Gasteiger partial charge in [-0.05, 0) is 68.9 Å². The topological polar surface area (TPSA) is 35.5 Å². The van der Waals surface area contributed by atoms with Crippen LogP contribution in [0.2, 0.25) is 0 Å². The first-order chi connectivity index (χ1) is 10.2. The number of hydrogen-bond donors (Lipinski definition) is 2. The van der Waals surface area contributed by atoms with E-state index in [1.54, 1.807) is 0 Å². The summed E-state index contributed by atoms with van der Waals surface area (Å²) in [5.41, 5.74) is 1.33. The summed E-state index contributed by atoms with van der Waals surface area (Å²) in [4.78, 5) is 2.66. The van der Waals surface area contributed by atoms with Crippen LogP contribution in [0.4, 0.5) is 0 Å². The zero-order valence-electron chi connectivity index (χ0n) is 13.5. The highest BCUT2D eigenvalue weighted by atomic mass is 16.3. The van der Waals surface area contributed by atoms with Crippen molar-refractivity contribution < 1.29 is 5.11 Å². The molecule has 0 saturated carbocycles. The van der Waals surface area contributed by atoms with Crippen LogP contribution in [0.1, 0.15) is 51.1 Å². The molecule has 1 unspecified atom stereocenters. The molecule has 1 heterocycles. The molecule has 0 spiro atoms. The third-order valence-corrected chi connectivity index (χ3v) is 4.57. The Bertz CT molecular complexity index is 398. The van der Waals surface area contributed by atoms with Crippen molar-refractivity contribution >= 4 is 0 Å². The SMILES string of the molecule is CCCN(CC1CCNCC1)C(CC)c1ccc(O)cc1. The normalized spacial score (nSPS) is 18.0. The molecule has 3 heteroatoms. The predicted octanol–water partition coefficient (Wildman–Crippen LogP) is 3.55. The highest BCUT2D eigenvalue weighted by Crippen LogP contribution is 2.28. The first kappa shape index (κ1) is 16.3. The average molecular weight is 290 g/mol. The third kappa shape index (κ3) is 4.72. The molecule has 3 nitrogen and oxygen atoms in total. The van der Waals surface area contributed by atoms with Gasteiger partial charge in [0.2, 0.25) is 0 Å². The number of piperidine rings is 1. The molecule has 1 fully saturated rings. The molecule has 1 saturated heterocycles. The van der Waals surface area contributed by atoms with Gasteiger partial charge in [-0.1, -0.05) is 26.0 Å². The molecule has 2 N–H and O–H groups in total. The van der Waals surface area contributed by atoms with Crippen LogP contribution in [0.25, 0.3) is 0 Å². The zero-order chi connectivity index (χ0) is 15.1. The van der Waals surface area contributed by atoms with E-state index in [4.69, 9.17) is 0 Å². The van der Waals surface area contributed by atoms with Crippen molar-refractivity contribution in [1.29, 1.82) is 0 Å². The van der Waals surface area contributed by atoms with E-state index in [0.29, 0.717) is 11.8 Å². The molecule has 2 rings (SSSR count). The van der Waals surface area contributed by atoms with E-state index in [2.05, 4.69) is 36.2 Å². The van der Waals surface area contributed by atoms with Crippen LogP contribution in [0, 0.1) is 5.92 Å². The maximum atomic E-state index is 9.49. The van der Waals surface area contributed by atoms with Gasteiger partial charge < -0.3 is 10.4 Å². The number of nitrogens with zero attached hydrogens (tertiary/aromatic N) is 1. The Morgan fingerprint density at radius 1 is 1.19 bits per heavy atom. The molecule has 21 heavy (non-hydrogen) atoms. The smallest absolute Gasteiger partial charge is 0.115 e. The number of benzene rings is 1. The molecule has 1 aromatic rings. The van der Waals surface area contributed by atoms with Crippen molar-refractivity contribution in [3.8, 4) is 5.75 Å².